The zero-order chi connectivity index (χ0) is 21.0. The first kappa shape index (κ1) is 25.6. The third-order valence-electron chi connectivity index (χ3n) is 3.95. The highest BCUT2D eigenvalue weighted by molar-refractivity contribution is 5.69. The number of esters is 1. The van der Waals surface area contributed by atoms with Crippen LogP contribution in [-0.2, 0) is 9.53 Å². The van der Waals surface area contributed by atoms with Crippen molar-refractivity contribution in [3.8, 4) is 0 Å². The summed E-state index contributed by atoms with van der Waals surface area (Å²) in [7, 11) is 0. The number of rotatable bonds is 15. The molecule has 0 aromatic heterocycles. The van der Waals surface area contributed by atoms with Gasteiger partial charge in [0.15, 0.2) is 10.7 Å². The van der Waals surface area contributed by atoms with E-state index in [1.54, 1.807) is 25.2 Å². The summed E-state index contributed by atoms with van der Waals surface area (Å²) in [6.07, 6.45) is 16.6. The first-order chi connectivity index (χ1) is 13.5. The van der Waals surface area contributed by atoms with Gasteiger partial charge in [-0.05, 0) is 32.6 Å². The van der Waals surface area contributed by atoms with E-state index in [0.717, 1.165) is 12.8 Å². The van der Waals surface area contributed by atoms with Crippen LogP contribution in [0.2, 0.25) is 0 Å². The predicted molar refractivity (Wildman–Crippen MR) is 112 cm³/mol. The lowest BCUT2D eigenvalue weighted by molar-refractivity contribution is -0.143. The zero-order valence-electron chi connectivity index (χ0n) is 17.2. The summed E-state index contributed by atoms with van der Waals surface area (Å²) in [6.45, 7) is 4.32. The summed E-state index contributed by atoms with van der Waals surface area (Å²) in [5.41, 5.74) is 0.115. The normalized spacial score (nSPS) is 13.8. The maximum atomic E-state index is 11.2. The Bertz CT molecular complexity index is 586. The van der Waals surface area contributed by atoms with Crippen molar-refractivity contribution >= 4 is 5.97 Å². The van der Waals surface area contributed by atoms with Crippen LogP contribution in [0.5, 0.6) is 0 Å². The van der Waals surface area contributed by atoms with E-state index in [0.29, 0.717) is 25.9 Å². The molecule has 1 atom stereocenters. The highest BCUT2D eigenvalue weighted by atomic mass is 16.5. The molecule has 0 rings (SSSR count). The van der Waals surface area contributed by atoms with Crippen molar-refractivity contribution in [2.24, 2.45) is 0 Å². The SMILES string of the molecule is CCCCC/C=C/C=C/C(O)C/C(O)=C(/C/C=C\CCCC(=O)OCC)[N+]#N. The summed E-state index contributed by atoms with van der Waals surface area (Å²) in [6, 6.07) is 0. The molecule has 6 heteroatoms. The summed E-state index contributed by atoms with van der Waals surface area (Å²) >= 11 is 0. The van der Waals surface area contributed by atoms with Crippen molar-refractivity contribution in [1.82, 2.24) is 0 Å². The van der Waals surface area contributed by atoms with E-state index in [4.69, 9.17) is 10.1 Å². The average Bonchev–Trinajstić information content (AvgIpc) is 2.66. The lowest BCUT2D eigenvalue weighted by atomic mass is 10.1. The van der Waals surface area contributed by atoms with E-state index >= 15 is 0 Å². The smallest absolute Gasteiger partial charge is 0.402 e. The Morgan fingerprint density at radius 2 is 1.86 bits per heavy atom. The van der Waals surface area contributed by atoms with Crippen molar-refractivity contribution in [3.63, 3.8) is 0 Å². The molecule has 0 saturated carbocycles. The van der Waals surface area contributed by atoms with E-state index < -0.39 is 6.10 Å². The van der Waals surface area contributed by atoms with Gasteiger partial charge in [-0.3, -0.25) is 4.79 Å². The summed E-state index contributed by atoms with van der Waals surface area (Å²) in [5.74, 6) is -0.361. The van der Waals surface area contributed by atoms with Crippen LogP contribution < -0.4 is 0 Å². The van der Waals surface area contributed by atoms with Gasteiger partial charge in [-0.1, -0.05) is 56.2 Å². The largest absolute Gasteiger partial charge is 0.505 e. The van der Waals surface area contributed by atoms with Crippen molar-refractivity contribution in [1.29, 1.82) is 5.39 Å². The number of carbonyl (C=O) groups is 1. The number of nitrogens with zero attached hydrogens (tertiary/aromatic N) is 2. The standard InChI is InChI=1S/C22H34N2O4/c1-3-5-6-7-8-9-12-15-19(25)18-21(26)20(24-23)16-13-10-11-14-17-22(27)28-4-2/h8-10,12-13,15,19,25H,3-7,11,14,16-18H2,1-2H3/p+1/b9-8+,13-10-,15-12+,21-20+. The second-order valence-electron chi connectivity index (χ2n) is 6.45. The van der Waals surface area contributed by atoms with E-state index in [1.165, 1.54) is 12.8 Å². The van der Waals surface area contributed by atoms with E-state index in [9.17, 15) is 15.0 Å². The molecule has 28 heavy (non-hydrogen) atoms. The molecule has 0 aliphatic rings. The van der Waals surface area contributed by atoms with Gasteiger partial charge in [0.2, 0.25) is 5.39 Å². The molecule has 6 nitrogen and oxygen atoms in total. The van der Waals surface area contributed by atoms with Gasteiger partial charge in [0.1, 0.15) is 0 Å². The molecule has 0 aliphatic heterocycles. The van der Waals surface area contributed by atoms with Crippen LogP contribution >= 0.6 is 0 Å². The minimum Gasteiger partial charge on any atom is -0.505 e. The van der Waals surface area contributed by atoms with Gasteiger partial charge in [-0.25, -0.2) is 0 Å². The maximum absolute atomic E-state index is 11.2. The molecule has 0 bridgehead atoms. The molecular formula is C22H35N2O4+. The molecule has 0 saturated heterocycles. The molecule has 0 heterocycles. The second kappa shape index (κ2) is 18.0. The fourth-order valence-corrected chi connectivity index (χ4v) is 2.39. The minimum atomic E-state index is -0.856. The molecule has 0 aromatic rings. The molecular weight excluding hydrogens is 356 g/mol. The van der Waals surface area contributed by atoms with Crippen LogP contribution in [-0.4, -0.2) is 28.9 Å². The van der Waals surface area contributed by atoms with Crippen LogP contribution in [0.1, 0.15) is 71.6 Å². The number of ether oxygens (including phenoxy) is 1. The predicted octanol–water partition coefficient (Wildman–Crippen LogP) is 5.73. The topological polar surface area (TPSA) is 94.9 Å². The van der Waals surface area contributed by atoms with Crippen molar-refractivity contribution in [2.75, 3.05) is 6.61 Å². The number of aliphatic hydroxyl groups excluding tert-OH is 2. The number of aliphatic hydroxyl groups is 2. The molecule has 156 valence electrons. The van der Waals surface area contributed by atoms with Gasteiger partial charge in [-0.2, -0.15) is 0 Å². The third kappa shape index (κ3) is 14.7. The monoisotopic (exact) mass is 391 g/mol. The molecule has 0 amide bonds. The number of unbranched alkanes of at least 4 members (excludes halogenated alkanes) is 4. The first-order valence-corrected chi connectivity index (χ1v) is 10.1. The molecule has 0 fully saturated rings. The lowest BCUT2D eigenvalue weighted by Crippen LogP contribution is -2.04. The van der Waals surface area contributed by atoms with Crippen LogP contribution in [0.15, 0.2) is 47.9 Å². The van der Waals surface area contributed by atoms with E-state index in [2.05, 4.69) is 18.0 Å². The van der Waals surface area contributed by atoms with Crippen LogP contribution in [0.3, 0.4) is 0 Å². The summed E-state index contributed by atoms with van der Waals surface area (Å²) < 4.78 is 4.84. The number of carbonyl (C=O) groups excluding carboxylic acids is 1. The Balaban J connectivity index is 4.27. The molecule has 1 unspecified atom stereocenters. The van der Waals surface area contributed by atoms with Gasteiger partial charge in [-0.15, -0.1) is 0 Å². The highest BCUT2D eigenvalue weighted by Crippen LogP contribution is 2.15. The van der Waals surface area contributed by atoms with Gasteiger partial charge < -0.3 is 14.9 Å². The zero-order valence-corrected chi connectivity index (χ0v) is 17.2. The molecule has 0 aliphatic carbocycles. The maximum Gasteiger partial charge on any atom is 0.402 e. The Morgan fingerprint density at radius 1 is 1.11 bits per heavy atom. The fraction of sp³-hybridized carbons (Fsp3) is 0.591. The molecule has 0 aromatic carbocycles. The Labute approximate surface area is 168 Å². The lowest BCUT2D eigenvalue weighted by Gasteiger charge is -2.02. The molecule has 2 N–H and O–H groups in total. The first-order valence-electron chi connectivity index (χ1n) is 10.1. The third-order valence-corrected chi connectivity index (χ3v) is 3.95. The van der Waals surface area contributed by atoms with Crippen LogP contribution in [0, 0.1) is 5.39 Å². The Morgan fingerprint density at radius 3 is 2.54 bits per heavy atom. The summed E-state index contributed by atoms with van der Waals surface area (Å²) in [5, 5.41) is 29.0. The number of hydrogen-bond donors (Lipinski definition) is 2. The van der Waals surface area contributed by atoms with Crippen molar-refractivity contribution in [3.05, 3.63) is 52.9 Å². The second-order valence-corrected chi connectivity index (χ2v) is 6.45. The Kier molecular flexibility index (Phi) is 16.5. The average molecular weight is 392 g/mol. The highest BCUT2D eigenvalue weighted by Gasteiger charge is 2.18. The van der Waals surface area contributed by atoms with Crippen molar-refractivity contribution in [2.45, 2.75) is 77.7 Å². The number of diazo groups is 1. The molecule has 0 spiro atoms. The van der Waals surface area contributed by atoms with Gasteiger partial charge in [0.25, 0.3) is 0 Å². The van der Waals surface area contributed by atoms with Gasteiger partial charge in [0, 0.05) is 12.8 Å². The quantitative estimate of drug-likeness (QED) is 0.0928. The number of allylic oxidation sites excluding steroid dienone is 5. The fourth-order valence-electron chi connectivity index (χ4n) is 2.39. The van der Waals surface area contributed by atoms with Gasteiger partial charge in [0.05, 0.1) is 19.1 Å². The van der Waals surface area contributed by atoms with Crippen molar-refractivity contribution < 1.29 is 19.7 Å². The molecule has 0 radical (unpaired) electrons. The number of hydrogen-bond acceptors (Lipinski definition) is 5. The van der Waals surface area contributed by atoms with Crippen LogP contribution in [0.25, 0.3) is 4.98 Å². The Hall–Kier alpha value is -2.39. The van der Waals surface area contributed by atoms with Crippen LogP contribution in [0.4, 0.5) is 0 Å². The van der Waals surface area contributed by atoms with E-state index in [1.807, 2.05) is 12.2 Å². The van der Waals surface area contributed by atoms with E-state index in [-0.39, 0.29) is 30.3 Å². The minimum absolute atomic E-state index is 0.0176. The summed E-state index contributed by atoms with van der Waals surface area (Å²) in [4.78, 5) is 14.3. The van der Waals surface area contributed by atoms with Gasteiger partial charge >= 0.3 is 11.7 Å².